The number of hydrogen-bond acceptors (Lipinski definition) is 1. The van der Waals surface area contributed by atoms with Crippen LogP contribution in [-0.2, 0) is 0 Å². The standard InChI is InChI=1S/C23H45N/c1-3-4-5-6-7-8-9-10-11-14-17-20-23(2)21-18-15-12-13-16-19-22-24/h23H,3-21H2,1-2H3/t23-/m0/s1. The Morgan fingerprint density at radius 2 is 0.958 bits per heavy atom. The summed E-state index contributed by atoms with van der Waals surface area (Å²) < 4.78 is 0. The van der Waals surface area contributed by atoms with E-state index < -0.39 is 0 Å². The first-order chi connectivity index (χ1) is 11.8. The second-order valence-corrected chi connectivity index (χ2v) is 7.89. The van der Waals surface area contributed by atoms with E-state index in [-0.39, 0.29) is 0 Å². The van der Waals surface area contributed by atoms with Gasteiger partial charge in [0.2, 0.25) is 0 Å². The highest BCUT2D eigenvalue weighted by Crippen LogP contribution is 2.18. The average Bonchev–Trinajstić information content (AvgIpc) is 2.59. The monoisotopic (exact) mass is 335 g/mol. The number of rotatable bonds is 19. The first-order valence-corrected chi connectivity index (χ1v) is 11.2. The Morgan fingerprint density at radius 1 is 0.583 bits per heavy atom. The number of unbranched alkanes of at least 4 members (excludes halogenated alkanes) is 15. The van der Waals surface area contributed by atoms with Gasteiger partial charge in [0.25, 0.3) is 0 Å². The zero-order valence-electron chi connectivity index (χ0n) is 17.0. The smallest absolute Gasteiger partial charge is 0.0621 e. The molecule has 0 unspecified atom stereocenters. The molecule has 0 aliphatic carbocycles. The van der Waals surface area contributed by atoms with Crippen LogP contribution in [0, 0.1) is 17.2 Å². The van der Waals surface area contributed by atoms with Crippen LogP contribution in [-0.4, -0.2) is 0 Å². The van der Waals surface area contributed by atoms with Gasteiger partial charge < -0.3 is 0 Å². The second-order valence-electron chi connectivity index (χ2n) is 7.89. The van der Waals surface area contributed by atoms with Crippen LogP contribution in [0.4, 0.5) is 0 Å². The maximum absolute atomic E-state index is 8.49. The molecule has 0 heterocycles. The van der Waals surface area contributed by atoms with Crippen molar-refractivity contribution >= 4 is 0 Å². The minimum Gasteiger partial charge on any atom is -0.198 e. The van der Waals surface area contributed by atoms with E-state index in [9.17, 15) is 0 Å². The van der Waals surface area contributed by atoms with E-state index in [0.717, 1.165) is 18.8 Å². The fourth-order valence-corrected chi connectivity index (χ4v) is 3.53. The molecule has 0 aromatic heterocycles. The van der Waals surface area contributed by atoms with Crippen molar-refractivity contribution in [2.24, 2.45) is 5.92 Å². The van der Waals surface area contributed by atoms with Crippen molar-refractivity contribution < 1.29 is 0 Å². The third kappa shape index (κ3) is 19.5. The predicted octanol–water partition coefficient (Wildman–Crippen LogP) is 8.58. The van der Waals surface area contributed by atoms with Crippen LogP contribution in [0.1, 0.15) is 136 Å². The van der Waals surface area contributed by atoms with Crippen LogP contribution in [0.25, 0.3) is 0 Å². The first-order valence-electron chi connectivity index (χ1n) is 11.2. The van der Waals surface area contributed by atoms with E-state index >= 15 is 0 Å². The Balaban J connectivity index is 3.12. The quantitative estimate of drug-likeness (QED) is 0.217. The second kappa shape index (κ2) is 20.5. The molecule has 1 atom stereocenters. The Kier molecular flexibility index (Phi) is 20.1. The molecule has 0 saturated heterocycles. The van der Waals surface area contributed by atoms with E-state index in [1.165, 1.54) is 109 Å². The highest BCUT2D eigenvalue weighted by molar-refractivity contribution is 4.67. The molecule has 24 heavy (non-hydrogen) atoms. The van der Waals surface area contributed by atoms with Crippen molar-refractivity contribution in [3.05, 3.63) is 0 Å². The molecule has 0 amide bonds. The summed E-state index contributed by atoms with van der Waals surface area (Å²) in [6.45, 7) is 4.73. The molecule has 0 N–H and O–H groups in total. The summed E-state index contributed by atoms with van der Waals surface area (Å²) in [6, 6.07) is 2.23. The molecule has 0 spiro atoms. The van der Waals surface area contributed by atoms with Gasteiger partial charge in [0, 0.05) is 6.42 Å². The van der Waals surface area contributed by atoms with Crippen molar-refractivity contribution in [2.75, 3.05) is 0 Å². The molecular formula is C23H45N. The van der Waals surface area contributed by atoms with Crippen LogP contribution in [0.15, 0.2) is 0 Å². The minimum absolute atomic E-state index is 0.745. The van der Waals surface area contributed by atoms with Gasteiger partial charge in [0.15, 0.2) is 0 Å². The largest absolute Gasteiger partial charge is 0.198 e. The molecule has 0 bridgehead atoms. The molecule has 0 radical (unpaired) electrons. The summed E-state index contributed by atoms with van der Waals surface area (Å²) in [6.07, 6.45) is 26.0. The summed E-state index contributed by atoms with van der Waals surface area (Å²) in [7, 11) is 0. The summed E-state index contributed by atoms with van der Waals surface area (Å²) in [5.41, 5.74) is 0. The fourth-order valence-electron chi connectivity index (χ4n) is 3.53. The lowest BCUT2D eigenvalue weighted by Gasteiger charge is -2.11. The van der Waals surface area contributed by atoms with Gasteiger partial charge in [-0.1, -0.05) is 123 Å². The van der Waals surface area contributed by atoms with E-state index in [0.29, 0.717) is 0 Å². The normalized spacial score (nSPS) is 12.2. The lowest BCUT2D eigenvalue weighted by molar-refractivity contribution is 0.431. The van der Waals surface area contributed by atoms with Gasteiger partial charge in [-0.25, -0.2) is 0 Å². The Morgan fingerprint density at radius 3 is 1.38 bits per heavy atom. The Hall–Kier alpha value is -0.510. The van der Waals surface area contributed by atoms with Crippen LogP contribution in [0.2, 0.25) is 0 Å². The number of nitriles is 1. The Bertz CT molecular complexity index is 266. The molecule has 1 nitrogen and oxygen atoms in total. The van der Waals surface area contributed by atoms with Crippen LogP contribution >= 0.6 is 0 Å². The van der Waals surface area contributed by atoms with Gasteiger partial charge in [-0.05, 0) is 12.3 Å². The predicted molar refractivity (Wildman–Crippen MR) is 108 cm³/mol. The average molecular weight is 336 g/mol. The van der Waals surface area contributed by atoms with E-state index in [1.54, 1.807) is 0 Å². The summed E-state index contributed by atoms with van der Waals surface area (Å²) in [5.74, 6) is 0.919. The van der Waals surface area contributed by atoms with Crippen LogP contribution in [0.3, 0.4) is 0 Å². The van der Waals surface area contributed by atoms with Crippen LogP contribution in [0.5, 0.6) is 0 Å². The van der Waals surface area contributed by atoms with Crippen molar-refractivity contribution in [1.29, 1.82) is 5.26 Å². The maximum atomic E-state index is 8.49. The van der Waals surface area contributed by atoms with Crippen molar-refractivity contribution in [3.63, 3.8) is 0 Å². The fraction of sp³-hybridized carbons (Fsp3) is 0.957. The first kappa shape index (κ1) is 23.5. The van der Waals surface area contributed by atoms with Gasteiger partial charge >= 0.3 is 0 Å². The lowest BCUT2D eigenvalue weighted by atomic mass is 9.96. The van der Waals surface area contributed by atoms with E-state index in [4.69, 9.17) is 5.26 Å². The maximum Gasteiger partial charge on any atom is 0.0621 e. The molecule has 0 aromatic rings. The Labute approximate surface area is 153 Å². The van der Waals surface area contributed by atoms with Gasteiger partial charge in [-0.2, -0.15) is 5.26 Å². The molecule has 1 heteroatoms. The summed E-state index contributed by atoms with van der Waals surface area (Å²) in [4.78, 5) is 0. The van der Waals surface area contributed by atoms with E-state index in [2.05, 4.69) is 19.9 Å². The van der Waals surface area contributed by atoms with Crippen LogP contribution < -0.4 is 0 Å². The SMILES string of the molecule is CCCCCCCCCCCCC[C@H](C)CCCCCCCC#N. The third-order valence-electron chi connectivity index (χ3n) is 5.29. The third-order valence-corrected chi connectivity index (χ3v) is 5.29. The molecule has 142 valence electrons. The summed E-state index contributed by atoms with van der Waals surface area (Å²) in [5, 5.41) is 8.49. The molecule has 0 saturated carbocycles. The lowest BCUT2D eigenvalue weighted by Crippen LogP contribution is -1.95. The van der Waals surface area contributed by atoms with Gasteiger partial charge in [-0.3, -0.25) is 0 Å². The molecule has 0 rings (SSSR count). The topological polar surface area (TPSA) is 23.8 Å². The molecular weight excluding hydrogens is 290 g/mol. The minimum atomic E-state index is 0.745. The molecule has 0 aromatic carbocycles. The highest BCUT2D eigenvalue weighted by atomic mass is 14.2. The van der Waals surface area contributed by atoms with Crippen molar-refractivity contribution in [3.8, 4) is 6.07 Å². The van der Waals surface area contributed by atoms with Gasteiger partial charge in [0.1, 0.15) is 0 Å². The number of hydrogen-bond donors (Lipinski definition) is 0. The van der Waals surface area contributed by atoms with Gasteiger partial charge in [0.05, 0.1) is 6.07 Å². The highest BCUT2D eigenvalue weighted by Gasteiger charge is 2.02. The molecule has 0 aliphatic heterocycles. The van der Waals surface area contributed by atoms with Gasteiger partial charge in [-0.15, -0.1) is 0 Å². The summed E-state index contributed by atoms with van der Waals surface area (Å²) >= 11 is 0. The van der Waals surface area contributed by atoms with E-state index in [1.807, 2.05) is 0 Å². The van der Waals surface area contributed by atoms with Crippen molar-refractivity contribution in [1.82, 2.24) is 0 Å². The molecule has 0 aliphatic rings. The zero-order chi connectivity index (χ0) is 17.7. The zero-order valence-corrected chi connectivity index (χ0v) is 17.0. The number of nitrogens with zero attached hydrogens (tertiary/aromatic N) is 1. The molecule has 0 fully saturated rings. The van der Waals surface area contributed by atoms with Crippen molar-refractivity contribution in [2.45, 2.75) is 136 Å².